The van der Waals surface area contributed by atoms with Gasteiger partial charge in [-0.25, -0.2) is 4.98 Å². The second-order valence-electron chi connectivity index (χ2n) is 7.56. The Bertz CT molecular complexity index is 1220. The van der Waals surface area contributed by atoms with E-state index in [-0.39, 0.29) is 11.5 Å². The predicted molar refractivity (Wildman–Crippen MR) is 128 cm³/mol. The number of aromatic nitrogens is 3. The van der Waals surface area contributed by atoms with Crippen LogP contribution in [0.4, 0.5) is 0 Å². The number of benzene rings is 1. The van der Waals surface area contributed by atoms with Crippen molar-refractivity contribution in [2.24, 2.45) is 11.5 Å². The lowest BCUT2D eigenvalue weighted by atomic mass is 10.1. The van der Waals surface area contributed by atoms with Crippen molar-refractivity contribution in [2.45, 2.75) is 18.0 Å². The van der Waals surface area contributed by atoms with Crippen molar-refractivity contribution in [1.29, 1.82) is 0 Å². The van der Waals surface area contributed by atoms with E-state index < -0.39 is 0 Å². The molecule has 160 valence electrons. The Kier molecular flexibility index (Phi) is 5.68. The quantitative estimate of drug-likeness (QED) is 0.395. The van der Waals surface area contributed by atoms with E-state index in [1.54, 1.807) is 36.4 Å². The number of hydrogen-bond donors (Lipinski definition) is 3. The molecule has 0 saturated carbocycles. The van der Waals surface area contributed by atoms with Crippen LogP contribution in [0.15, 0.2) is 54.6 Å². The molecule has 0 spiro atoms. The molecule has 7 nitrogen and oxygen atoms in total. The number of para-hydroxylation sites is 1. The molecule has 0 amide bonds. The maximum absolute atomic E-state index is 6.60. The standard InChI is InChI=1S/C22H24N6OS2/c1-29-12-18-20(21-27-17-6-7-25-10-19(17)30-21)31-22(24)28(18)11-14(23)8-13-9-26-16-5-3-2-4-15(13)16/h2-7,9-10,14,22,26H,8,11-12,23-24H2,1H3/t14-,22?/m1/s1. The van der Waals surface area contributed by atoms with Gasteiger partial charge >= 0.3 is 0 Å². The number of ether oxygens (including phenoxy) is 1. The topological polar surface area (TPSA) is 106 Å². The van der Waals surface area contributed by atoms with E-state index in [0.717, 1.165) is 37.8 Å². The first-order valence-corrected chi connectivity index (χ1v) is 11.8. The van der Waals surface area contributed by atoms with E-state index in [1.807, 2.05) is 18.3 Å². The molecule has 0 radical (unpaired) electrons. The smallest absolute Gasteiger partial charge is 0.133 e. The molecule has 1 unspecified atom stereocenters. The number of nitrogens with one attached hydrogen (secondary N) is 1. The summed E-state index contributed by atoms with van der Waals surface area (Å²) in [5, 5.41) is 2.16. The van der Waals surface area contributed by atoms with Crippen molar-refractivity contribution in [2.75, 3.05) is 20.3 Å². The summed E-state index contributed by atoms with van der Waals surface area (Å²) in [5.41, 5.74) is 17.2. The van der Waals surface area contributed by atoms with Crippen molar-refractivity contribution >= 4 is 49.1 Å². The molecule has 5 rings (SSSR count). The van der Waals surface area contributed by atoms with Gasteiger partial charge in [0.05, 0.1) is 27.4 Å². The van der Waals surface area contributed by atoms with Gasteiger partial charge in [0, 0.05) is 49.2 Å². The van der Waals surface area contributed by atoms with Gasteiger partial charge in [0.15, 0.2) is 0 Å². The molecule has 2 atom stereocenters. The van der Waals surface area contributed by atoms with E-state index in [9.17, 15) is 0 Å². The zero-order valence-electron chi connectivity index (χ0n) is 17.1. The molecule has 1 aromatic carbocycles. The maximum atomic E-state index is 6.60. The van der Waals surface area contributed by atoms with E-state index >= 15 is 0 Å². The Morgan fingerprint density at radius 3 is 3.00 bits per heavy atom. The highest BCUT2D eigenvalue weighted by Gasteiger charge is 2.33. The Morgan fingerprint density at radius 1 is 1.29 bits per heavy atom. The minimum Gasteiger partial charge on any atom is -0.378 e. The fourth-order valence-electron chi connectivity index (χ4n) is 3.99. The third-order valence-electron chi connectivity index (χ3n) is 5.41. The Labute approximate surface area is 188 Å². The maximum Gasteiger partial charge on any atom is 0.133 e. The first-order chi connectivity index (χ1) is 15.1. The van der Waals surface area contributed by atoms with Gasteiger partial charge in [0.1, 0.15) is 10.5 Å². The third kappa shape index (κ3) is 3.95. The minimum atomic E-state index is -0.223. The monoisotopic (exact) mass is 452 g/mol. The molecule has 1 aliphatic rings. The number of fused-ring (bicyclic) bond motifs is 2. The van der Waals surface area contributed by atoms with E-state index in [1.165, 1.54) is 10.9 Å². The van der Waals surface area contributed by atoms with E-state index in [2.05, 4.69) is 39.3 Å². The molecule has 0 aliphatic carbocycles. The molecular weight excluding hydrogens is 428 g/mol. The van der Waals surface area contributed by atoms with Gasteiger partial charge in [0.25, 0.3) is 0 Å². The summed E-state index contributed by atoms with van der Waals surface area (Å²) in [7, 11) is 1.70. The summed E-state index contributed by atoms with van der Waals surface area (Å²) in [6.07, 6.45) is 6.43. The number of aromatic amines is 1. The summed E-state index contributed by atoms with van der Waals surface area (Å²) in [4.78, 5) is 15.6. The molecule has 31 heavy (non-hydrogen) atoms. The molecule has 9 heteroatoms. The summed E-state index contributed by atoms with van der Waals surface area (Å²) in [6.45, 7) is 1.10. The van der Waals surface area contributed by atoms with Gasteiger partial charge in [-0.1, -0.05) is 30.0 Å². The van der Waals surface area contributed by atoms with Crippen LogP contribution in [0.25, 0.3) is 26.0 Å². The van der Waals surface area contributed by atoms with Crippen LogP contribution in [-0.2, 0) is 11.2 Å². The fraction of sp³-hybridized carbons (Fsp3) is 0.273. The summed E-state index contributed by atoms with van der Waals surface area (Å²) in [6, 6.07) is 10.2. The highest BCUT2D eigenvalue weighted by molar-refractivity contribution is 8.09. The SMILES string of the molecule is COCC1=C(c2nc3ccncc3s2)SC(N)N1C[C@H](N)Cc1c[nH]c2ccccc12. The molecule has 5 N–H and O–H groups in total. The summed E-state index contributed by atoms with van der Waals surface area (Å²) in [5.74, 6) is 0. The molecule has 0 bridgehead atoms. The number of pyridine rings is 1. The van der Waals surface area contributed by atoms with Gasteiger partial charge in [0.2, 0.25) is 0 Å². The Hall–Kier alpha value is -2.43. The van der Waals surface area contributed by atoms with Gasteiger partial charge in [-0.2, -0.15) is 0 Å². The average Bonchev–Trinajstić information content (AvgIpc) is 3.46. The Balaban J connectivity index is 1.40. The lowest BCUT2D eigenvalue weighted by Crippen LogP contribution is -2.44. The number of H-pyrrole nitrogens is 1. The molecular formula is C22H24N6OS2. The van der Waals surface area contributed by atoms with Gasteiger partial charge in [-0.3, -0.25) is 4.98 Å². The van der Waals surface area contributed by atoms with Crippen LogP contribution in [0.3, 0.4) is 0 Å². The largest absolute Gasteiger partial charge is 0.378 e. The van der Waals surface area contributed by atoms with Gasteiger partial charge in [-0.05, 0) is 24.1 Å². The first-order valence-electron chi connectivity index (χ1n) is 10.1. The molecule has 4 aromatic rings. The summed E-state index contributed by atoms with van der Waals surface area (Å²) >= 11 is 3.24. The number of methoxy groups -OCH3 is 1. The summed E-state index contributed by atoms with van der Waals surface area (Å²) < 4.78 is 6.59. The van der Waals surface area contributed by atoms with Gasteiger partial charge < -0.3 is 26.1 Å². The highest BCUT2D eigenvalue weighted by atomic mass is 32.2. The number of nitrogens with zero attached hydrogens (tertiary/aromatic N) is 3. The minimum absolute atomic E-state index is 0.0726. The lowest BCUT2D eigenvalue weighted by Gasteiger charge is -2.29. The van der Waals surface area contributed by atoms with Crippen molar-refractivity contribution in [3.8, 4) is 0 Å². The number of rotatable bonds is 7. The predicted octanol–water partition coefficient (Wildman–Crippen LogP) is 3.35. The number of nitrogens with two attached hydrogens (primary N) is 2. The Morgan fingerprint density at radius 2 is 2.16 bits per heavy atom. The molecule has 4 heterocycles. The van der Waals surface area contributed by atoms with Crippen LogP contribution in [0.5, 0.6) is 0 Å². The van der Waals surface area contributed by atoms with Crippen LogP contribution in [0.2, 0.25) is 0 Å². The normalized spacial score (nSPS) is 17.9. The molecule has 0 saturated heterocycles. The van der Waals surface area contributed by atoms with Crippen LogP contribution >= 0.6 is 23.1 Å². The van der Waals surface area contributed by atoms with Crippen LogP contribution < -0.4 is 11.5 Å². The van der Waals surface area contributed by atoms with Gasteiger partial charge in [-0.15, -0.1) is 11.3 Å². The fourth-order valence-corrected chi connectivity index (χ4v) is 6.19. The van der Waals surface area contributed by atoms with Crippen molar-refractivity contribution in [3.05, 3.63) is 65.2 Å². The van der Waals surface area contributed by atoms with Crippen LogP contribution in [0.1, 0.15) is 10.6 Å². The second-order valence-corrected chi connectivity index (χ2v) is 9.71. The number of thiazole rings is 1. The second kappa shape index (κ2) is 8.60. The molecule has 3 aromatic heterocycles. The van der Waals surface area contributed by atoms with E-state index in [0.29, 0.717) is 13.2 Å². The number of thioether (sulfide) groups is 1. The average molecular weight is 453 g/mol. The van der Waals surface area contributed by atoms with Crippen LogP contribution in [-0.4, -0.2) is 51.7 Å². The zero-order valence-corrected chi connectivity index (χ0v) is 18.7. The van der Waals surface area contributed by atoms with Crippen molar-refractivity contribution in [3.63, 3.8) is 0 Å². The molecule has 0 fully saturated rings. The lowest BCUT2D eigenvalue weighted by molar-refractivity contribution is 0.184. The highest BCUT2D eigenvalue weighted by Crippen LogP contribution is 2.44. The first kappa shape index (κ1) is 20.5. The molecule has 1 aliphatic heterocycles. The van der Waals surface area contributed by atoms with Crippen LogP contribution in [0, 0.1) is 0 Å². The van der Waals surface area contributed by atoms with Crippen molar-refractivity contribution in [1.82, 2.24) is 19.9 Å². The number of hydrogen-bond acceptors (Lipinski definition) is 8. The third-order valence-corrected chi connectivity index (χ3v) is 7.72. The zero-order chi connectivity index (χ0) is 21.4. The van der Waals surface area contributed by atoms with Crippen molar-refractivity contribution < 1.29 is 4.74 Å². The van der Waals surface area contributed by atoms with E-state index in [4.69, 9.17) is 21.2 Å².